The summed E-state index contributed by atoms with van der Waals surface area (Å²) in [4.78, 5) is 11.7. The van der Waals surface area contributed by atoms with Crippen LogP contribution in [0.25, 0.3) is 0 Å². The highest BCUT2D eigenvalue weighted by Gasteiger charge is 2.19. The Morgan fingerprint density at radius 2 is 1.90 bits per heavy atom. The summed E-state index contributed by atoms with van der Waals surface area (Å²) in [6.07, 6.45) is 3.96. The van der Waals surface area contributed by atoms with Gasteiger partial charge in [-0.1, -0.05) is 18.2 Å². The molecule has 4 nitrogen and oxygen atoms in total. The summed E-state index contributed by atoms with van der Waals surface area (Å²) in [6, 6.07) is 9.51. The van der Waals surface area contributed by atoms with Crippen LogP contribution in [0.3, 0.4) is 0 Å². The first-order valence-electron chi connectivity index (χ1n) is 7.36. The second kappa shape index (κ2) is 7.90. The number of hydrogen-bond donors (Lipinski definition) is 2. The van der Waals surface area contributed by atoms with Gasteiger partial charge in [-0.05, 0) is 43.7 Å². The summed E-state index contributed by atoms with van der Waals surface area (Å²) in [5.74, 6) is 1.34. The van der Waals surface area contributed by atoms with Gasteiger partial charge >= 0.3 is 0 Å². The first-order valence-corrected chi connectivity index (χ1v) is 7.36. The van der Waals surface area contributed by atoms with Crippen molar-refractivity contribution in [2.24, 2.45) is 5.92 Å². The average Bonchev–Trinajstić information content (AvgIpc) is 2.48. The molecular weight excluding hydrogens is 254 g/mol. The van der Waals surface area contributed by atoms with E-state index in [4.69, 9.17) is 4.74 Å². The number of para-hydroxylation sites is 1. The minimum atomic E-state index is -0.138. The fraction of sp³-hybridized carbons (Fsp3) is 0.562. The Kier molecular flexibility index (Phi) is 5.87. The second-order valence-corrected chi connectivity index (χ2v) is 5.39. The molecule has 1 aromatic rings. The van der Waals surface area contributed by atoms with Crippen molar-refractivity contribution in [2.75, 3.05) is 13.2 Å². The van der Waals surface area contributed by atoms with Crippen molar-refractivity contribution in [2.45, 2.75) is 38.2 Å². The van der Waals surface area contributed by atoms with Crippen LogP contribution in [0.4, 0.5) is 0 Å². The zero-order chi connectivity index (χ0) is 14.2. The molecule has 1 aliphatic carbocycles. The third kappa shape index (κ3) is 5.21. The minimum absolute atomic E-state index is 0.0343. The highest BCUT2D eigenvalue weighted by atomic mass is 16.5. The molecule has 0 aliphatic heterocycles. The molecule has 0 radical (unpaired) electrons. The molecule has 110 valence electrons. The molecule has 1 aliphatic rings. The Balaban J connectivity index is 1.56. The van der Waals surface area contributed by atoms with Crippen LogP contribution in [0.2, 0.25) is 0 Å². The van der Waals surface area contributed by atoms with Crippen molar-refractivity contribution in [1.82, 2.24) is 5.32 Å². The van der Waals surface area contributed by atoms with E-state index in [0.29, 0.717) is 18.9 Å². The van der Waals surface area contributed by atoms with Crippen LogP contribution in [0.5, 0.6) is 5.75 Å². The molecule has 1 amide bonds. The molecule has 1 fully saturated rings. The van der Waals surface area contributed by atoms with Gasteiger partial charge in [-0.3, -0.25) is 4.79 Å². The molecule has 0 heterocycles. The zero-order valence-electron chi connectivity index (χ0n) is 11.8. The van der Waals surface area contributed by atoms with E-state index in [-0.39, 0.29) is 12.0 Å². The van der Waals surface area contributed by atoms with Gasteiger partial charge in [0, 0.05) is 6.54 Å². The third-order valence-electron chi connectivity index (χ3n) is 3.75. The van der Waals surface area contributed by atoms with Crippen molar-refractivity contribution in [1.29, 1.82) is 0 Å². The number of aliphatic hydroxyl groups excluding tert-OH is 1. The van der Waals surface area contributed by atoms with Gasteiger partial charge in [0.05, 0.1) is 19.1 Å². The molecule has 4 heteroatoms. The number of hydrogen-bond acceptors (Lipinski definition) is 3. The van der Waals surface area contributed by atoms with Crippen molar-refractivity contribution in [3.05, 3.63) is 30.3 Å². The maximum Gasteiger partial charge on any atom is 0.223 e. The molecule has 2 N–H and O–H groups in total. The number of nitrogens with one attached hydrogen (secondary N) is 1. The quantitative estimate of drug-likeness (QED) is 0.837. The maximum absolute atomic E-state index is 11.7. The normalized spacial score (nSPS) is 22.2. The Bertz CT molecular complexity index is 399. The second-order valence-electron chi connectivity index (χ2n) is 5.39. The molecule has 1 aromatic carbocycles. The largest absolute Gasteiger partial charge is 0.493 e. The average molecular weight is 277 g/mol. The van der Waals surface area contributed by atoms with Crippen LogP contribution >= 0.6 is 0 Å². The topological polar surface area (TPSA) is 58.6 Å². The number of carbonyl (C=O) groups is 1. The van der Waals surface area contributed by atoms with Gasteiger partial charge in [0.2, 0.25) is 5.91 Å². The number of carbonyl (C=O) groups excluding carboxylic acids is 1. The van der Waals surface area contributed by atoms with Crippen LogP contribution < -0.4 is 10.1 Å². The lowest BCUT2D eigenvalue weighted by Crippen LogP contribution is -2.32. The fourth-order valence-corrected chi connectivity index (χ4v) is 2.47. The standard InChI is InChI=1S/C16H23NO3/c18-14-8-6-13(7-9-14)12-17-16(19)10-11-20-15-4-2-1-3-5-15/h1-5,13-14,18H,6-12H2,(H,17,19). The molecule has 1 saturated carbocycles. The van der Waals surface area contributed by atoms with Gasteiger partial charge < -0.3 is 15.2 Å². The Morgan fingerprint density at radius 3 is 2.60 bits per heavy atom. The molecule has 0 atom stereocenters. The van der Waals surface area contributed by atoms with Crippen molar-refractivity contribution in [3.8, 4) is 5.75 Å². The first kappa shape index (κ1) is 14.9. The van der Waals surface area contributed by atoms with Gasteiger partial charge in [-0.2, -0.15) is 0 Å². The van der Waals surface area contributed by atoms with Crippen LogP contribution in [0.15, 0.2) is 30.3 Å². The van der Waals surface area contributed by atoms with Crippen LogP contribution in [0, 0.1) is 5.92 Å². The molecule has 0 spiro atoms. The van der Waals surface area contributed by atoms with Gasteiger partial charge in [-0.25, -0.2) is 0 Å². The van der Waals surface area contributed by atoms with Gasteiger partial charge in [0.1, 0.15) is 5.75 Å². The number of ether oxygens (including phenoxy) is 1. The monoisotopic (exact) mass is 277 g/mol. The van der Waals surface area contributed by atoms with E-state index < -0.39 is 0 Å². The van der Waals surface area contributed by atoms with Crippen molar-refractivity contribution >= 4 is 5.91 Å². The van der Waals surface area contributed by atoms with Crippen molar-refractivity contribution in [3.63, 3.8) is 0 Å². The smallest absolute Gasteiger partial charge is 0.223 e. The summed E-state index contributed by atoms with van der Waals surface area (Å²) in [7, 11) is 0. The van der Waals surface area contributed by atoms with E-state index in [1.54, 1.807) is 0 Å². The highest BCUT2D eigenvalue weighted by Crippen LogP contribution is 2.23. The zero-order valence-corrected chi connectivity index (χ0v) is 11.8. The van der Waals surface area contributed by atoms with Gasteiger partial charge in [0.25, 0.3) is 0 Å². The Morgan fingerprint density at radius 1 is 1.20 bits per heavy atom. The summed E-state index contributed by atoms with van der Waals surface area (Å²) in [5, 5.41) is 12.4. The predicted molar refractivity (Wildman–Crippen MR) is 77.5 cm³/mol. The van der Waals surface area contributed by atoms with E-state index in [2.05, 4.69) is 5.32 Å². The number of amides is 1. The van der Waals surface area contributed by atoms with E-state index in [1.165, 1.54) is 0 Å². The van der Waals surface area contributed by atoms with E-state index in [9.17, 15) is 9.90 Å². The minimum Gasteiger partial charge on any atom is -0.493 e. The van der Waals surface area contributed by atoms with Crippen molar-refractivity contribution < 1.29 is 14.6 Å². The molecule has 20 heavy (non-hydrogen) atoms. The van der Waals surface area contributed by atoms with E-state index >= 15 is 0 Å². The molecule has 0 bridgehead atoms. The Labute approximate surface area is 120 Å². The molecule has 0 aromatic heterocycles. The van der Waals surface area contributed by atoms with E-state index in [1.807, 2.05) is 30.3 Å². The maximum atomic E-state index is 11.7. The van der Waals surface area contributed by atoms with Gasteiger partial charge in [0.15, 0.2) is 0 Å². The molecule has 0 saturated heterocycles. The number of benzene rings is 1. The Hall–Kier alpha value is -1.55. The summed E-state index contributed by atoms with van der Waals surface area (Å²) in [5.41, 5.74) is 0. The number of rotatable bonds is 6. The lowest BCUT2D eigenvalue weighted by Gasteiger charge is -2.25. The molecule has 2 rings (SSSR count). The number of aliphatic hydroxyl groups is 1. The lowest BCUT2D eigenvalue weighted by molar-refractivity contribution is -0.121. The highest BCUT2D eigenvalue weighted by molar-refractivity contribution is 5.75. The predicted octanol–water partition coefficient (Wildman–Crippen LogP) is 2.12. The van der Waals surface area contributed by atoms with Gasteiger partial charge in [-0.15, -0.1) is 0 Å². The summed E-state index contributed by atoms with van der Waals surface area (Å²) < 4.78 is 5.49. The third-order valence-corrected chi connectivity index (χ3v) is 3.75. The SMILES string of the molecule is O=C(CCOc1ccccc1)NCC1CCC(O)CC1. The van der Waals surface area contributed by atoms with Crippen LogP contribution in [-0.4, -0.2) is 30.3 Å². The van der Waals surface area contributed by atoms with Crippen LogP contribution in [0.1, 0.15) is 32.1 Å². The molecule has 0 unspecified atom stereocenters. The first-order chi connectivity index (χ1) is 9.74. The van der Waals surface area contributed by atoms with Crippen LogP contribution in [-0.2, 0) is 4.79 Å². The fourth-order valence-electron chi connectivity index (χ4n) is 2.47. The molecular formula is C16H23NO3. The lowest BCUT2D eigenvalue weighted by atomic mass is 9.87. The van der Waals surface area contributed by atoms with E-state index in [0.717, 1.165) is 38.0 Å². The summed E-state index contributed by atoms with van der Waals surface area (Å²) >= 11 is 0. The summed E-state index contributed by atoms with van der Waals surface area (Å²) in [6.45, 7) is 1.12.